The lowest BCUT2D eigenvalue weighted by atomic mass is 10.1. The van der Waals surface area contributed by atoms with Gasteiger partial charge in [-0.1, -0.05) is 23.7 Å². The maximum Gasteiger partial charge on any atom is 0.289 e. The zero-order chi connectivity index (χ0) is 20.3. The van der Waals surface area contributed by atoms with Crippen molar-refractivity contribution in [2.75, 3.05) is 19.0 Å². The zero-order valence-electron chi connectivity index (χ0n) is 15.1. The molecule has 1 unspecified atom stereocenters. The van der Waals surface area contributed by atoms with Crippen molar-refractivity contribution in [2.24, 2.45) is 5.92 Å². The number of carbonyl (C=O) groups is 2. The van der Waals surface area contributed by atoms with Gasteiger partial charge >= 0.3 is 0 Å². The van der Waals surface area contributed by atoms with Crippen LogP contribution in [0.25, 0.3) is 0 Å². The number of nitrogens with zero attached hydrogens (tertiary/aromatic N) is 2. The minimum atomic E-state index is -0.617. The lowest BCUT2D eigenvalue weighted by Crippen LogP contribution is -2.28. The number of nitro benzene ring substituents is 1. The van der Waals surface area contributed by atoms with E-state index in [1.807, 2.05) is 24.3 Å². The lowest BCUT2D eigenvalue weighted by Gasteiger charge is -2.17. The van der Waals surface area contributed by atoms with E-state index in [2.05, 4.69) is 5.32 Å². The summed E-state index contributed by atoms with van der Waals surface area (Å²) in [4.78, 5) is 36.7. The van der Waals surface area contributed by atoms with Gasteiger partial charge in [0.2, 0.25) is 11.8 Å². The first kappa shape index (κ1) is 19.6. The van der Waals surface area contributed by atoms with Gasteiger partial charge in [-0.25, -0.2) is 0 Å². The molecule has 1 heterocycles. The monoisotopic (exact) mass is 403 g/mol. The van der Waals surface area contributed by atoms with Gasteiger partial charge in [-0.2, -0.15) is 0 Å². The Morgan fingerprint density at radius 1 is 1.32 bits per heavy atom. The molecule has 2 amide bonds. The van der Waals surface area contributed by atoms with E-state index >= 15 is 0 Å². The normalized spacial score (nSPS) is 16.1. The molecule has 0 aromatic heterocycles. The second-order valence-corrected chi connectivity index (χ2v) is 6.84. The molecule has 0 radical (unpaired) electrons. The van der Waals surface area contributed by atoms with Crippen molar-refractivity contribution in [3.63, 3.8) is 0 Å². The smallest absolute Gasteiger partial charge is 0.289 e. The molecule has 2 aromatic carbocycles. The highest BCUT2D eigenvalue weighted by Gasteiger charge is 2.34. The Labute approximate surface area is 166 Å². The van der Waals surface area contributed by atoms with Crippen LogP contribution in [0.15, 0.2) is 42.5 Å². The topological polar surface area (TPSA) is 102 Å². The van der Waals surface area contributed by atoms with Crippen LogP contribution in [0.4, 0.5) is 11.4 Å². The number of halogens is 1. The third-order valence-corrected chi connectivity index (χ3v) is 4.85. The molecule has 8 nitrogen and oxygen atoms in total. The minimum Gasteiger partial charge on any atom is -0.497 e. The van der Waals surface area contributed by atoms with Crippen LogP contribution in [0.5, 0.6) is 5.75 Å². The van der Waals surface area contributed by atoms with Crippen LogP contribution in [-0.4, -0.2) is 35.3 Å². The standard InChI is InChI=1S/C19H18ClN3O5/c1-28-15-5-2-12(3-6-15)10-22-11-13(8-18(22)24)19(25)21-14-4-7-16(20)17(9-14)23(26)27/h2-7,9,13H,8,10-11H2,1H3,(H,21,25). The fraction of sp³-hybridized carbons (Fsp3) is 0.263. The molecule has 0 aliphatic carbocycles. The van der Waals surface area contributed by atoms with Crippen LogP contribution >= 0.6 is 11.6 Å². The van der Waals surface area contributed by atoms with Crippen molar-refractivity contribution in [3.8, 4) is 5.75 Å². The van der Waals surface area contributed by atoms with E-state index in [4.69, 9.17) is 16.3 Å². The predicted molar refractivity (Wildman–Crippen MR) is 103 cm³/mol. The maximum absolute atomic E-state index is 12.5. The van der Waals surface area contributed by atoms with E-state index in [0.717, 1.165) is 11.3 Å². The molecule has 3 rings (SSSR count). The average Bonchev–Trinajstić information content (AvgIpc) is 3.04. The van der Waals surface area contributed by atoms with Crippen molar-refractivity contribution in [1.82, 2.24) is 4.90 Å². The highest BCUT2D eigenvalue weighted by atomic mass is 35.5. The molecule has 146 valence electrons. The van der Waals surface area contributed by atoms with E-state index in [9.17, 15) is 19.7 Å². The van der Waals surface area contributed by atoms with Gasteiger partial charge in [0.1, 0.15) is 10.8 Å². The van der Waals surface area contributed by atoms with Gasteiger partial charge < -0.3 is 15.0 Å². The molecule has 1 fully saturated rings. The van der Waals surface area contributed by atoms with Crippen molar-refractivity contribution in [2.45, 2.75) is 13.0 Å². The summed E-state index contributed by atoms with van der Waals surface area (Å²) >= 11 is 5.78. The zero-order valence-corrected chi connectivity index (χ0v) is 15.8. The predicted octanol–water partition coefficient (Wildman–Crippen LogP) is 3.24. The summed E-state index contributed by atoms with van der Waals surface area (Å²) in [6.45, 7) is 0.686. The van der Waals surface area contributed by atoms with Gasteiger partial charge in [-0.3, -0.25) is 19.7 Å². The second-order valence-electron chi connectivity index (χ2n) is 6.44. The van der Waals surface area contributed by atoms with Gasteiger partial charge in [-0.05, 0) is 29.8 Å². The van der Waals surface area contributed by atoms with Crippen LogP contribution < -0.4 is 10.1 Å². The second kappa shape index (κ2) is 8.26. The number of likely N-dealkylation sites (tertiary alicyclic amines) is 1. The highest BCUT2D eigenvalue weighted by molar-refractivity contribution is 6.32. The molecule has 1 aliphatic heterocycles. The van der Waals surface area contributed by atoms with Crippen molar-refractivity contribution in [3.05, 3.63) is 63.2 Å². The van der Waals surface area contributed by atoms with Crippen LogP contribution in [0.3, 0.4) is 0 Å². The fourth-order valence-electron chi connectivity index (χ4n) is 3.03. The van der Waals surface area contributed by atoms with Gasteiger partial charge in [0.05, 0.1) is 18.0 Å². The first-order valence-electron chi connectivity index (χ1n) is 8.53. The number of ether oxygens (including phenoxy) is 1. The number of hydrogen-bond donors (Lipinski definition) is 1. The number of amides is 2. The summed E-state index contributed by atoms with van der Waals surface area (Å²) in [5.74, 6) is -0.272. The van der Waals surface area contributed by atoms with E-state index in [-0.39, 0.29) is 41.2 Å². The third-order valence-electron chi connectivity index (χ3n) is 4.53. The Balaban J connectivity index is 1.63. The van der Waals surface area contributed by atoms with Crippen LogP contribution in [0, 0.1) is 16.0 Å². The summed E-state index contributed by atoms with van der Waals surface area (Å²) in [6, 6.07) is 11.4. The molecule has 0 bridgehead atoms. The van der Waals surface area contributed by atoms with Gasteiger partial charge in [0.15, 0.2) is 0 Å². The van der Waals surface area contributed by atoms with Gasteiger partial charge in [0.25, 0.3) is 5.69 Å². The molecule has 1 N–H and O–H groups in total. The molecule has 0 spiro atoms. The maximum atomic E-state index is 12.5. The first-order chi connectivity index (χ1) is 13.4. The van der Waals surface area contributed by atoms with Crippen LogP contribution in [0.1, 0.15) is 12.0 Å². The van der Waals surface area contributed by atoms with Gasteiger partial charge in [0, 0.05) is 31.3 Å². The fourth-order valence-corrected chi connectivity index (χ4v) is 3.21. The lowest BCUT2D eigenvalue weighted by molar-refractivity contribution is -0.384. The van der Waals surface area contributed by atoms with Crippen molar-refractivity contribution < 1.29 is 19.2 Å². The van der Waals surface area contributed by atoms with Gasteiger partial charge in [-0.15, -0.1) is 0 Å². The molecular weight excluding hydrogens is 386 g/mol. The number of benzene rings is 2. The van der Waals surface area contributed by atoms with E-state index in [1.165, 1.54) is 18.2 Å². The summed E-state index contributed by atoms with van der Waals surface area (Å²) in [5.41, 5.74) is 0.911. The minimum absolute atomic E-state index is 0.00953. The average molecular weight is 404 g/mol. The first-order valence-corrected chi connectivity index (χ1v) is 8.90. The number of anilines is 1. The SMILES string of the molecule is COc1ccc(CN2CC(C(=O)Nc3ccc(Cl)c([N+](=O)[O-])c3)CC2=O)cc1. The number of methoxy groups -OCH3 is 1. The van der Waals surface area contributed by atoms with E-state index in [1.54, 1.807) is 12.0 Å². The summed E-state index contributed by atoms with van der Waals surface area (Å²) in [5, 5.41) is 13.6. The van der Waals surface area contributed by atoms with Crippen LogP contribution in [-0.2, 0) is 16.1 Å². The molecule has 1 saturated heterocycles. The Kier molecular flexibility index (Phi) is 5.79. The molecule has 2 aromatic rings. The highest BCUT2D eigenvalue weighted by Crippen LogP contribution is 2.28. The Morgan fingerprint density at radius 2 is 2.04 bits per heavy atom. The van der Waals surface area contributed by atoms with Crippen molar-refractivity contribution >= 4 is 34.8 Å². The quantitative estimate of drug-likeness (QED) is 0.589. The Morgan fingerprint density at radius 3 is 2.68 bits per heavy atom. The number of carbonyl (C=O) groups excluding carboxylic acids is 2. The Bertz CT molecular complexity index is 916. The summed E-state index contributed by atoms with van der Waals surface area (Å²) in [7, 11) is 1.58. The molecule has 1 aliphatic rings. The van der Waals surface area contributed by atoms with Crippen molar-refractivity contribution in [1.29, 1.82) is 0 Å². The Hall–Kier alpha value is -3.13. The summed E-state index contributed by atoms with van der Waals surface area (Å²) in [6.07, 6.45) is 0.0949. The molecular formula is C19H18ClN3O5. The van der Waals surface area contributed by atoms with E-state index in [0.29, 0.717) is 6.54 Å². The number of hydrogen-bond acceptors (Lipinski definition) is 5. The molecule has 0 saturated carbocycles. The van der Waals surface area contributed by atoms with Crippen LogP contribution in [0.2, 0.25) is 5.02 Å². The molecule has 9 heteroatoms. The molecule has 1 atom stereocenters. The molecule has 28 heavy (non-hydrogen) atoms. The van der Waals surface area contributed by atoms with E-state index < -0.39 is 10.8 Å². The number of nitro groups is 1. The number of nitrogens with one attached hydrogen (secondary N) is 1. The third kappa shape index (κ3) is 4.40. The number of rotatable bonds is 6. The largest absolute Gasteiger partial charge is 0.497 e. The summed E-state index contributed by atoms with van der Waals surface area (Å²) < 4.78 is 5.11.